The van der Waals surface area contributed by atoms with E-state index in [4.69, 9.17) is 5.11 Å². The van der Waals surface area contributed by atoms with E-state index in [1.165, 1.54) is 4.90 Å². The number of likely N-dealkylation sites (tertiary alicyclic amines) is 1. The van der Waals surface area contributed by atoms with Crippen molar-refractivity contribution in [1.29, 1.82) is 0 Å². The normalized spacial score (nSPS) is 27.4. The van der Waals surface area contributed by atoms with Crippen LogP contribution in [0.1, 0.15) is 20.8 Å². The highest BCUT2D eigenvalue weighted by atomic mass is 19.3. The van der Waals surface area contributed by atoms with E-state index in [0.29, 0.717) is 6.54 Å². The molecule has 0 spiro atoms. The molecule has 2 nitrogen and oxygen atoms in total. The molecule has 0 amide bonds. The molecule has 0 aromatic heterocycles. The fraction of sp³-hybridized carbons (Fsp3) is 1.00. The molecule has 0 aliphatic carbocycles. The minimum absolute atomic E-state index is 0.0523. The van der Waals surface area contributed by atoms with E-state index in [9.17, 15) is 13.2 Å². The number of aliphatic hydroxyl groups is 1. The fourth-order valence-electron chi connectivity index (χ4n) is 1.53. The minimum Gasteiger partial charge on any atom is -0.390 e. The maximum absolute atomic E-state index is 12.9. The summed E-state index contributed by atoms with van der Waals surface area (Å²) >= 11 is 0. The van der Waals surface area contributed by atoms with Crippen molar-refractivity contribution in [3.05, 3.63) is 0 Å². The number of nitrogens with zero attached hydrogens (tertiary/aromatic N) is 1. The van der Waals surface area contributed by atoms with Crippen molar-refractivity contribution >= 4 is 0 Å². The van der Waals surface area contributed by atoms with E-state index >= 15 is 0 Å². The Bertz CT molecular complexity index is 168. The van der Waals surface area contributed by atoms with Crippen molar-refractivity contribution < 1.29 is 18.3 Å². The van der Waals surface area contributed by atoms with E-state index in [2.05, 4.69) is 0 Å². The molecule has 1 fully saturated rings. The van der Waals surface area contributed by atoms with Gasteiger partial charge in [0.05, 0.1) is 6.54 Å². The van der Waals surface area contributed by atoms with Gasteiger partial charge in [-0.2, -0.15) is 0 Å². The summed E-state index contributed by atoms with van der Waals surface area (Å²) in [4.78, 5) is 1.35. The summed E-state index contributed by atoms with van der Waals surface area (Å²) in [6.45, 7) is 4.37. The van der Waals surface area contributed by atoms with Crippen LogP contribution in [-0.4, -0.2) is 48.3 Å². The SMILES string of the molecule is CC.CC1CN(CC(F)(F)CO)CC1F. The zero-order valence-corrected chi connectivity index (χ0v) is 9.51. The molecule has 0 radical (unpaired) electrons. The summed E-state index contributed by atoms with van der Waals surface area (Å²) < 4.78 is 38.2. The van der Waals surface area contributed by atoms with Crippen LogP contribution in [0.3, 0.4) is 0 Å². The molecule has 1 aliphatic rings. The molecular formula is C10H20F3NO. The van der Waals surface area contributed by atoms with Gasteiger partial charge in [-0.25, -0.2) is 13.2 Å². The summed E-state index contributed by atoms with van der Waals surface area (Å²) in [5, 5.41) is 8.32. The Morgan fingerprint density at radius 2 is 1.87 bits per heavy atom. The molecule has 1 heterocycles. The predicted molar refractivity (Wildman–Crippen MR) is 53.9 cm³/mol. The van der Waals surface area contributed by atoms with Crippen molar-refractivity contribution in [1.82, 2.24) is 4.90 Å². The van der Waals surface area contributed by atoms with Gasteiger partial charge in [0.1, 0.15) is 12.8 Å². The third-order valence-corrected chi connectivity index (χ3v) is 2.28. The van der Waals surface area contributed by atoms with Crippen LogP contribution in [0.15, 0.2) is 0 Å². The molecule has 0 aromatic rings. The predicted octanol–water partition coefficient (Wildman–Crippen LogP) is 1.93. The van der Waals surface area contributed by atoms with Gasteiger partial charge in [0.25, 0.3) is 5.92 Å². The summed E-state index contributed by atoms with van der Waals surface area (Å²) in [6.07, 6.45) is -1.02. The molecule has 2 atom stereocenters. The Kier molecular flexibility index (Phi) is 6.20. The standard InChI is InChI=1S/C8H14F3NO.C2H6/c1-6-2-12(3-7(6)9)4-8(10,11)5-13;1-2/h6-7,13H,2-5H2,1H3;1-2H3. The molecule has 1 N–H and O–H groups in total. The lowest BCUT2D eigenvalue weighted by Gasteiger charge is -2.21. The number of hydrogen-bond donors (Lipinski definition) is 1. The first-order valence-corrected chi connectivity index (χ1v) is 5.30. The van der Waals surface area contributed by atoms with Crippen molar-refractivity contribution in [2.24, 2.45) is 5.92 Å². The molecule has 0 aromatic carbocycles. The average molecular weight is 227 g/mol. The molecule has 15 heavy (non-hydrogen) atoms. The highest BCUT2D eigenvalue weighted by molar-refractivity contribution is 4.84. The second-order valence-corrected chi connectivity index (χ2v) is 3.70. The minimum atomic E-state index is -3.11. The van der Waals surface area contributed by atoms with Gasteiger partial charge in [0, 0.05) is 19.0 Å². The molecule has 1 aliphatic heterocycles. The van der Waals surface area contributed by atoms with E-state index < -0.39 is 25.2 Å². The number of aliphatic hydroxyl groups excluding tert-OH is 1. The number of rotatable bonds is 3. The van der Waals surface area contributed by atoms with Gasteiger partial charge in [-0.15, -0.1) is 0 Å². The number of halogens is 3. The van der Waals surface area contributed by atoms with Crippen molar-refractivity contribution in [3.8, 4) is 0 Å². The van der Waals surface area contributed by atoms with E-state index in [1.54, 1.807) is 6.92 Å². The van der Waals surface area contributed by atoms with E-state index in [-0.39, 0.29) is 12.5 Å². The third-order valence-electron chi connectivity index (χ3n) is 2.28. The smallest absolute Gasteiger partial charge is 0.283 e. The highest BCUT2D eigenvalue weighted by Crippen LogP contribution is 2.23. The second-order valence-electron chi connectivity index (χ2n) is 3.70. The fourth-order valence-corrected chi connectivity index (χ4v) is 1.53. The van der Waals surface area contributed by atoms with Gasteiger partial charge in [-0.05, 0) is 0 Å². The van der Waals surface area contributed by atoms with Crippen LogP contribution in [0.4, 0.5) is 13.2 Å². The number of alkyl halides is 3. The summed E-state index contributed by atoms with van der Waals surface area (Å²) in [7, 11) is 0. The molecule has 92 valence electrons. The Morgan fingerprint density at radius 1 is 1.33 bits per heavy atom. The van der Waals surface area contributed by atoms with Crippen LogP contribution in [0.2, 0.25) is 0 Å². The lowest BCUT2D eigenvalue weighted by Crippen LogP contribution is -2.38. The Hall–Kier alpha value is -0.290. The average Bonchev–Trinajstić information content (AvgIpc) is 2.48. The van der Waals surface area contributed by atoms with Crippen LogP contribution < -0.4 is 0 Å². The maximum Gasteiger partial charge on any atom is 0.283 e. The molecule has 2 unspecified atom stereocenters. The van der Waals surface area contributed by atoms with Crippen molar-refractivity contribution in [3.63, 3.8) is 0 Å². The first-order valence-electron chi connectivity index (χ1n) is 5.30. The quantitative estimate of drug-likeness (QED) is 0.796. The second kappa shape index (κ2) is 6.33. The van der Waals surface area contributed by atoms with Gasteiger partial charge in [0.15, 0.2) is 0 Å². The molecular weight excluding hydrogens is 207 g/mol. The summed E-state index contributed by atoms with van der Waals surface area (Å²) in [6, 6.07) is 0. The molecule has 5 heteroatoms. The van der Waals surface area contributed by atoms with Crippen LogP contribution in [0, 0.1) is 5.92 Å². The van der Waals surface area contributed by atoms with Gasteiger partial charge in [-0.3, -0.25) is 4.90 Å². The van der Waals surface area contributed by atoms with Crippen molar-refractivity contribution in [2.45, 2.75) is 32.9 Å². The van der Waals surface area contributed by atoms with E-state index in [1.807, 2.05) is 13.8 Å². The zero-order valence-electron chi connectivity index (χ0n) is 9.51. The first-order chi connectivity index (χ1) is 6.94. The highest BCUT2D eigenvalue weighted by Gasteiger charge is 2.36. The maximum atomic E-state index is 12.9. The van der Waals surface area contributed by atoms with Crippen LogP contribution >= 0.6 is 0 Å². The van der Waals surface area contributed by atoms with Gasteiger partial charge >= 0.3 is 0 Å². The molecule has 1 rings (SSSR count). The molecule has 0 saturated carbocycles. The third kappa shape index (κ3) is 4.84. The Balaban J connectivity index is 0.000000921. The lowest BCUT2D eigenvalue weighted by atomic mass is 10.1. The summed E-state index contributed by atoms with van der Waals surface area (Å²) in [5.41, 5.74) is 0. The largest absolute Gasteiger partial charge is 0.390 e. The Morgan fingerprint density at radius 3 is 2.20 bits per heavy atom. The van der Waals surface area contributed by atoms with E-state index in [0.717, 1.165) is 0 Å². The number of hydrogen-bond acceptors (Lipinski definition) is 2. The van der Waals surface area contributed by atoms with Gasteiger partial charge < -0.3 is 5.11 Å². The Labute approximate surface area is 89.1 Å². The van der Waals surface area contributed by atoms with Crippen LogP contribution in [0.5, 0.6) is 0 Å². The van der Waals surface area contributed by atoms with Crippen LogP contribution in [-0.2, 0) is 0 Å². The molecule has 1 saturated heterocycles. The van der Waals surface area contributed by atoms with Gasteiger partial charge in [-0.1, -0.05) is 20.8 Å². The molecule has 0 bridgehead atoms. The van der Waals surface area contributed by atoms with Gasteiger partial charge in [0.2, 0.25) is 0 Å². The van der Waals surface area contributed by atoms with Crippen LogP contribution in [0.25, 0.3) is 0 Å². The lowest BCUT2D eigenvalue weighted by molar-refractivity contribution is -0.0700. The first kappa shape index (κ1) is 14.7. The summed E-state index contributed by atoms with van der Waals surface area (Å²) in [5.74, 6) is -3.29. The van der Waals surface area contributed by atoms with Crippen molar-refractivity contribution in [2.75, 3.05) is 26.2 Å². The monoisotopic (exact) mass is 227 g/mol. The topological polar surface area (TPSA) is 23.5 Å². The zero-order chi connectivity index (χ0) is 12.1.